The van der Waals surface area contributed by atoms with Gasteiger partial charge in [-0.05, 0) is 49.4 Å². The van der Waals surface area contributed by atoms with E-state index >= 15 is 0 Å². The predicted molar refractivity (Wildman–Crippen MR) is 94.0 cm³/mol. The summed E-state index contributed by atoms with van der Waals surface area (Å²) in [6.07, 6.45) is -0.665. The number of ether oxygens (including phenoxy) is 1. The van der Waals surface area contributed by atoms with Gasteiger partial charge in [-0.15, -0.1) is 0 Å². The second-order valence-electron chi connectivity index (χ2n) is 5.35. The third kappa shape index (κ3) is 3.47. The molecule has 1 heterocycles. The topological polar surface area (TPSA) is 58.6 Å². The molecule has 1 unspecified atom stereocenters. The van der Waals surface area contributed by atoms with E-state index in [0.717, 1.165) is 0 Å². The van der Waals surface area contributed by atoms with Crippen molar-refractivity contribution in [3.05, 3.63) is 52.5 Å². The number of hydrogen-bond acceptors (Lipinski definition) is 3. The van der Waals surface area contributed by atoms with E-state index in [1.807, 2.05) is 0 Å². The third-order valence-electron chi connectivity index (χ3n) is 3.56. The van der Waals surface area contributed by atoms with E-state index in [9.17, 15) is 9.59 Å². The van der Waals surface area contributed by atoms with E-state index in [-0.39, 0.29) is 18.4 Å². The number of hydrogen-bond donors (Lipinski definition) is 1. The van der Waals surface area contributed by atoms with E-state index in [1.54, 1.807) is 49.4 Å². The Balaban J connectivity index is 1.80. The van der Waals surface area contributed by atoms with Gasteiger partial charge in [-0.2, -0.15) is 0 Å². The van der Waals surface area contributed by atoms with Crippen LogP contribution in [0, 0.1) is 0 Å². The molecule has 0 spiro atoms. The van der Waals surface area contributed by atoms with E-state index in [4.69, 9.17) is 27.9 Å². The maximum Gasteiger partial charge on any atom is 0.268 e. The first kappa shape index (κ1) is 16.6. The van der Waals surface area contributed by atoms with Gasteiger partial charge >= 0.3 is 0 Å². The number of rotatable bonds is 3. The highest BCUT2D eigenvalue weighted by molar-refractivity contribution is 6.31. The van der Waals surface area contributed by atoms with Crippen molar-refractivity contribution in [2.75, 3.05) is 16.8 Å². The first-order valence-corrected chi connectivity index (χ1v) is 8.02. The number of halogens is 2. The molecule has 0 radical (unpaired) electrons. The molecule has 2 aromatic rings. The van der Waals surface area contributed by atoms with Crippen molar-refractivity contribution in [3.8, 4) is 5.75 Å². The number of fused-ring (bicyclic) bond motifs is 1. The highest BCUT2D eigenvalue weighted by atomic mass is 35.5. The van der Waals surface area contributed by atoms with Crippen LogP contribution in [-0.2, 0) is 9.59 Å². The summed E-state index contributed by atoms with van der Waals surface area (Å²) in [6, 6.07) is 11.7. The standard InChI is InChI=1S/C17H14Cl2N2O3/c1-10-17(23)21(14-8-12(19)4-7-15(14)24-10)9-16(22)20-13-5-2-11(18)3-6-13/h2-8,10H,9H2,1H3,(H,20,22). The minimum atomic E-state index is -0.665. The van der Waals surface area contributed by atoms with Crippen molar-refractivity contribution in [1.29, 1.82) is 0 Å². The van der Waals surface area contributed by atoms with Gasteiger partial charge < -0.3 is 10.1 Å². The molecular weight excluding hydrogens is 351 g/mol. The van der Waals surface area contributed by atoms with Crippen molar-refractivity contribution in [2.45, 2.75) is 13.0 Å². The fraction of sp³-hybridized carbons (Fsp3) is 0.176. The van der Waals surface area contributed by atoms with Gasteiger partial charge in [0.1, 0.15) is 12.3 Å². The van der Waals surface area contributed by atoms with Crippen molar-refractivity contribution in [1.82, 2.24) is 0 Å². The lowest BCUT2D eigenvalue weighted by Gasteiger charge is -2.32. The molecule has 2 amide bonds. The first-order chi connectivity index (χ1) is 11.4. The molecule has 2 aromatic carbocycles. The molecule has 0 aliphatic carbocycles. The van der Waals surface area contributed by atoms with Gasteiger partial charge in [-0.25, -0.2) is 0 Å². The number of benzene rings is 2. The van der Waals surface area contributed by atoms with Gasteiger partial charge in [0.25, 0.3) is 5.91 Å². The van der Waals surface area contributed by atoms with Gasteiger partial charge in [-0.1, -0.05) is 23.2 Å². The Morgan fingerprint density at radius 1 is 1.17 bits per heavy atom. The van der Waals surface area contributed by atoms with Crippen LogP contribution in [0.1, 0.15) is 6.92 Å². The summed E-state index contributed by atoms with van der Waals surface area (Å²) in [4.78, 5) is 26.1. The Hall–Kier alpha value is -2.24. The Labute approximate surface area is 149 Å². The van der Waals surface area contributed by atoms with Crippen molar-refractivity contribution in [2.24, 2.45) is 0 Å². The minimum absolute atomic E-state index is 0.136. The molecule has 1 aliphatic heterocycles. The fourth-order valence-corrected chi connectivity index (χ4v) is 2.71. The van der Waals surface area contributed by atoms with Crippen LogP contribution >= 0.6 is 23.2 Å². The Morgan fingerprint density at radius 3 is 2.54 bits per heavy atom. The van der Waals surface area contributed by atoms with Crippen LogP contribution in [0.4, 0.5) is 11.4 Å². The van der Waals surface area contributed by atoms with Gasteiger partial charge in [-0.3, -0.25) is 14.5 Å². The first-order valence-electron chi connectivity index (χ1n) is 7.27. The molecule has 1 aliphatic rings. The molecule has 24 heavy (non-hydrogen) atoms. The fourth-order valence-electron chi connectivity index (χ4n) is 2.42. The SMILES string of the molecule is CC1Oc2ccc(Cl)cc2N(CC(=O)Nc2ccc(Cl)cc2)C1=O. The van der Waals surface area contributed by atoms with Crippen LogP contribution in [0.15, 0.2) is 42.5 Å². The zero-order valence-electron chi connectivity index (χ0n) is 12.8. The molecule has 0 fully saturated rings. The lowest BCUT2D eigenvalue weighted by Crippen LogP contribution is -2.47. The highest BCUT2D eigenvalue weighted by Crippen LogP contribution is 2.36. The van der Waals surface area contributed by atoms with E-state index in [1.165, 1.54) is 4.90 Å². The highest BCUT2D eigenvalue weighted by Gasteiger charge is 2.32. The quantitative estimate of drug-likeness (QED) is 0.902. The summed E-state index contributed by atoms with van der Waals surface area (Å²) in [5.41, 5.74) is 1.08. The van der Waals surface area contributed by atoms with Crippen molar-refractivity contribution >= 4 is 46.4 Å². The van der Waals surface area contributed by atoms with Crippen LogP contribution < -0.4 is 15.0 Å². The molecule has 0 saturated heterocycles. The zero-order chi connectivity index (χ0) is 17.3. The van der Waals surface area contributed by atoms with Crippen molar-refractivity contribution < 1.29 is 14.3 Å². The van der Waals surface area contributed by atoms with Gasteiger partial charge in [0.2, 0.25) is 5.91 Å². The molecule has 1 atom stereocenters. The Bertz CT molecular complexity index is 793. The van der Waals surface area contributed by atoms with Gasteiger partial charge in [0.05, 0.1) is 5.69 Å². The number of nitrogens with one attached hydrogen (secondary N) is 1. The van der Waals surface area contributed by atoms with Gasteiger partial charge in [0.15, 0.2) is 6.10 Å². The lowest BCUT2D eigenvalue weighted by atomic mass is 10.2. The molecule has 0 bridgehead atoms. The van der Waals surface area contributed by atoms with E-state index < -0.39 is 6.10 Å². The van der Waals surface area contributed by atoms with Crippen LogP contribution in [0.2, 0.25) is 10.0 Å². The Morgan fingerprint density at radius 2 is 1.83 bits per heavy atom. The Kier molecular flexibility index (Phi) is 4.64. The van der Waals surface area contributed by atoms with Gasteiger partial charge in [0, 0.05) is 15.7 Å². The molecule has 0 aromatic heterocycles. The molecule has 0 saturated carbocycles. The normalized spacial score (nSPS) is 16.4. The number of carbonyl (C=O) groups excluding carboxylic acids is 2. The average Bonchev–Trinajstić information content (AvgIpc) is 2.55. The smallest absolute Gasteiger partial charge is 0.268 e. The maximum absolute atomic E-state index is 12.4. The molecule has 124 valence electrons. The molecule has 1 N–H and O–H groups in total. The monoisotopic (exact) mass is 364 g/mol. The van der Waals surface area contributed by atoms with Crippen LogP contribution in [0.3, 0.4) is 0 Å². The largest absolute Gasteiger partial charge is 0.479 e. The predicted octanol–water partition coefficient (Wildman–Crippen LogP) is 3.75. The number of anilines is 2. The summed E-state index contributed by atoms with van der Waals surface area (Å²) in [5, 5.41) is 3.77. The molecule has 7 heteroatoms. The lowest BCUT2D eigenvalue weighted by molar-refractivity contribution is -0.127. The second kappa shape index (κ2) is 6.71. The zero-order valence-corrected chi connectivity index (χ0v) is 14.3. The molecule has 3 rings (SSSR count). The summed E-state index contributed by atoms with van der Waals surface area (Å²) in [7, 11) is 0. The molecule has 5 nitrogen and oxygen atoms in total. The van der Waals surface area contributed by atoms with Crippen LogP contribution in [0.5, 0.6) is 5.75 Å². The second-order valence-corrected chi connectivity index (χ2v) is 6.22. The van der Waals surface area contributed by atoms with Crippen LogP contribution in [0.25, 0.3) is 0 Å². The minimum Gasteiger partial charge on any atom is -0.479 e. The average molecular weight is 365 g/mol. The number of nitrogens with zero attached hydrogens (tertiary/aromatic N) is 1. The van der Waals surface area contributed by atoms with E-state index in [2.05, 4.69) is 5.32 Å². The van der Waals surface area contributed by atoms with E-state index in [0.29, 0.717) is 27.2 Å². The number of carbonyl (C=O) groups is 2. The maximum atomic E-state index is 12.4. The third-order valence-corrected chi connectivity index (χ3v) is 4.05. The van der Waals surface area contributed by atoms with Crippen LogP contribution in [-0.4, -0.2) is 24.5 Å². The van der Waals surface area contributed by atoms with Crippen molar-refractivity contribution in [3.63, 3.8) is 0 Å². The summed E-state index contributed by atoms with van der Waals surface area (Å²) < 4.78 is 5.55. The summed E-state index contributed by atoms with van der Waals surface area (Å²) in [5.74, 6) is -0.104. The number of amides is 2. The summed E-state index contributed by atoms with van der Waals surface area (Å²) >= 11 is 11.8. The molecular formula is C17H14Cl2N2O3. The summed E-state index contributed by atoms with van der Waals surface area (Å²) in [6.45, 7) is 1.51.